The normalized spacial score (nSPS) is 23.8. The maximum atomic E-state index is 6.14. The van der Waals surface area contributed by atoms with E-state index >= 15 is 0 Å². The number of benzene rings is 1. The van der Waals surface area contributed by atoms with E-state index in [9.17, 15) is 0 Å². The Kier molecular flexibility index (Phi) is 6.13. The third-order valence-electron chi connectivity index (χ3n) is 4.60. The van der Waals surface area contributed by atoms with Crippen molar-refractivity contribution in [3.05, 3.63) is 34.9 Å². The highest BCUT2D eigenvalue weighted by atomic mass is 35.5. The van der Waals surface area contributed by atoms with Crippen LogP contribution in [0, 0.1) is 11.8 Å². The van der Waals surface area contributed by atoms with Gasteiger partial charge in [-0.15, -0.1) is 0 Å². The number of halogens is 1. The monoisotopic (exact) mass is 307 g/mol. The highest BCUT2D eigenvalue weighted by Gasteiger charge is 2.25. The predicted octanol–water partition coefficient (Wildman–Crippen LogP) is 5.47. The summed E-state index contributed by atoms with van der Waals surface area (Å²) in [5.41, 5.74) is 1.61. The minimum Gasteiger partial charge on any atom is -0.312 e. The smallest absolute Gasteiger partial charge is 0.0408 e. The molecule has 2 rings (SSSR count). The van der Waals surface area contributed by atoms with Gasteiger partial charge in [-0.3, -0.25) is 0 Å². The van der Waals surface area contributed by atoms with E-state index in [1.54, 1.807) is 0 Å². The first-order valence-corrected chi connectivity index (χ1v) is 8.81. The first-order chi connectivity index (χ1) is 9.94. The molecule has 1 saturated carbocycles. The molecule has 1 aromatic rings. The maximum absolute atomic E-state index is 6.14. The summed E-state index contributed by atoms with van der Waals surface area (Å²) in [4.78, 5) is 0. The van der Waals surface area contributed by atoms with Crippen LogP contribution in [-0.2, 0) is 6.42 Å². The lowest BCUT2D eigenvalue weighted by Gasteiger charge is -2.30. The number of nitrogens with one attached hydrogen (secondary N) is 1. The molecule has 0 radical (unpaired) electrons. The lowest BCUT2D eigenvalue weighted by Crippen LogP contribution is -2.40. The molecule has 0 amide bonds. The van der Waals surface area contributed by atoms with Crippen molar-refractivity contribution in [1.29, 1.82) is 0 Å². The molecular weight excluding hydrogens is 278 g/mol. The van der Waals surface area contributed by atoms with Crippen molar-refractivity contribution in [2.24, 2.45) is 11.8 Å². The van der Waals surface area contributed by atoms with Crippen molar-refractivity contribution >= 4 is 11.6 Å². The Morgan fingerprint density at radius 3 is 2.48 bits per heavy atom. The van der Waals surface area contributed by atoms with Gasteiger partial charge in [-0.1, -0.05) is 43.0 Å². The largest absolute Gasteiger partial charge is 0.312 e. The molecule has 0 spiro atoms. The van der Waals surface area contributed by atoms with E-state index in [1.165, 1.54) is 44.1 Å². The average Bonchev–Trinajstić information content (AvgIpc) is 2.61. The van der Waals surface area contributed by atoms with Gasteiger partial charge in [-0.05, 0) is 76.1 Å². The molecule has 1 fully saturated rings. The lowest BCUT2D eigenvalue weighted by atomic mass is 9.83. The third-order valence-corrected chi connectivity index (χ3v) is 4.83. The number of hydrogen-bond donors (Lipinski definition) is 1. The first kappa shape index (κ1) is 16.8. The molecule has 2 heteroatoms. The van der Waals surface area contributed by atoms with Crippen LogP contribution < -0.4 is 5.32 Å². The topological polar surface area (TPSA) is 12.0 Å². The second-order valence-corrected chi connectivity index (χ2v) is 8.06. The van der Waals surface area contributed by atoms with Gasteiger partial charge >= 0.3 is 0 Å². The summed E-state index contributed by atoms with van der Waals surface area (Å²) >= 11 is 6.14. The van der Waals surface area contributed by atoms with Gasteiger partial charge in [-0.25, -0.2) is 0 Å². The van der Waals surface area contributed by atoms with Gasteiger partial charge in [0.2, 0.25) is 0 Å². The SMILES string of the molecule is CC(C)(C)NCC1CCCCCC1Cc1cccc(Cl)c1. The van der Waals surface area contributed by atoms with Gasteiger partial charge in [0.1, 0.15) is 0 Å². The van der Waals surface area contributed by atoms with E-state index in [0.717, 1.165) is 23.4 Å². The Balaban J connectivity index is 2.01. The first-order valence-electron chi connectivity index (χ1n) is 8.43. The van der Waals surface area contributed by atoms with Gasteiger partial charge in [0.05, 0.1) is 0 Å². The molecule has 0 saturated heterocycles. The molecule has 1 aliphatic carbocycles. The van der Waals surface area contributed by atoms with Gasteiger partial charge < -0.3 is 5.32 Å². The molecule has 2 unspecified atom stereocenters. The van der Waals surface area contributed by atoms with E-state index < -0.39 is 0 Å². The molecule has 0 aliphatic heterocycles. The lowest BCUT2D eigenvalue weighted by molar-refractivity contribution is 0.270. The number of rotatable bonds is 4. The summed E-state index contributed by atoms with van der Waals surface area (Å²) in [6.45, 7) is 7.93. The van der Waals surface area contributed by atoms with Gasteiger partial charge in [-0.2, -0.15) is 0 Å². The fourth-order valence-electron chi connectivity index (χ4n) is 3.40. The molecule has 1 N–H and O–H groups in total. The molecule has 2 atom stereocenters. The minimum absolute atomic E-state index is 0.215. The summed E-state index contributed by atoms with van der Waals surface area (Å²) < 4.78 is 0. The Bertz CT molecular complexity index is 435. The van der Waals surface area contributed by atoms with Crippen LogP contribution in [0.25, 0.3) is 0 Å². The van der Waals surface area contributed by atoms with E-state index in [-0.39, 0.29) is 5.54 Å². The van der Waals surface area contributed by atoms with Crippen molar-refractivity contribution < 1.29 is 0 Å². The average molecular weight is 308 g/mol. The minimum atomic E-state index is 0.215. The summed E-state index contributed by atoms with van der Waals surface area (Å²) in [7, 11) is 0. The Hall–Kier alpha value is -0.530. The molecule has 1 aromatic carbocycles. The van der Waals surface area contributed by atoms with Crippen LogP contribution in [0.15, 0.2) is 24.3 Å². The van der Waals surface area contributed by atoms with Crippen LogP contribution in [0.5, 0.6) is 0 Å². The van der Waals surface area contributed by atoms with E-state index in [0.29, 0.717) is 0 Å². The van der Waals surface area contributed by atoms with Crippen molar-refractivity contribution in [3.8, 4) is 0 Å². The Labute approximate surface area is 135 Å². The van der Waals surface area contributed by atoms with Crippen molar-refractivity contribution in [3.63, 3.8) is 0 Å². The molecule has 0 bridgehead atoms. The molecule has 21 heavy (non-hydrogen) atoms. The van der Waals surface area contributed by atoms with Crippen LogP contribution in [0.4, 0.5) is 0 Å². The van der Waals surface area contributed by atoms with E-state index in [4.69, 9.17) is 11.6 Å². The van der Waals surface area contributed by atoms with Crippen LogP contribution in [0.2, 0.25) is 5.02 Å². The second kappa shape index (κ2) is 7.65. The zero-order valence-electron chi connectivity index (χ0n) is 13.8. The summed E-state index contributed by atoms with van der Waals surface area (Å²) in [5.74, 6) is 1.59. The summed E-state index contributed by atoms with van der Waals surface area (Å²) in [6, 6.07) is 8.42. The van der Waals surface area contributed by atoms with Gasteiger partial charge in [0, 0.05) is 10.6 Å². The molecule has 0 aromatic heterocycles. The van der Waals surface area contributed by atoms with Crippen LogP contribution >= 0.6 is 11.6 Å². The molecule has 0 heterocycles. The third kappa shape index (κ3) is 6.00. The number of hydrogen-bond acceptors (Lipinski definition) is 1. The van der Waals surface area contributed by atoms with Crippen LogP contribution in [-0.4, -0.2) is 12.1 Å². The molecule has 1 aliphatic rings. The van der Waals surface area contributed by atoms with Crippen molar-refractivity contribution in [2.45, 2.75) is 64.8 Å². The summed E-state index contributed by atoms with van der Waals surface area (Å²) in [6.07, 6.45) is 8.09. The Morgan fingerprint density at radius 2 is 1.81 bits per heavy atom. The molecule has 118 valence electrons. The zero-order valence-corrected chi connectivity index (χ0v) is 14.5. The van der Waals surface area contributed by atoms with E-state index in [1.807, 2.05) is 6.07 Å². The van der Waals surface area contributed by atoms with Gasteiger partial charge in [0.15, 0.2) is 0 Å². The highest BCUT2D eigenvalue weighted by molar-refractivity contribution is 6.30. The van der Waals surface area contributed by atoms with Crippen LogP contribution in [0.1, 0.15) is 58.4 Å². The van der Waals surface area contributed by atoms with E-state index in [2.05, 4.69) is 44.3 Å². The van der Waals surface area contributed by atoms with Crippen LogP contribution in [0.3, 0.4) is 0 Å². The van der Waals surface area contributed by atoms with Crippen molar-refractivity contribution in [1.82, 2.24) is 5.32 Å². The van der Waals surface area contributed by atoms with Gasteiger partial charge in [0.25, 0.3) is 0 Å². The Morgan fingerprint density at radius 1 is 1.10 bits per heavy atom. The maximum Gasteiger partial charge on any atom is 0.0408 e. The standard InChI is InChI=1S/C19H30ClN/c1-19(2,3)21-14-17-10-6-4-5-9-16(17)12-15-8-7-11-18(20)13-15/h7-8,11,13,16-17,21H,4-6,9-10,12,14H2,1-3H3. The molecular formula is C19H30ClN. The highest BCUT2D eigenvalue weighted by Crippen LogP contribution is 2.32. The fraction of sp³-hybridized carbons (Fsp3) is 0.684. The molecule has 1 nitrogen and oxygen atoms in total. The second-order valence-electron chi connectivity index (χ2n) is 7.62. The fourth-order valence-corrected chi connectivity index (χ4v) is 3.62. The summed E-state index contributed by atoms with van der Waals surface area (Å²) in [5, 5.41) is 4.59. The predicted molar refractivity (Wildman–Crippen MR) is 93.0 cm³/mol. The zero-order chi connectivity index (χ0) is 15.3. The van der Waals surface area contributed by atoms with Crippen molar-refractivity contribution in [2.75, 3.05) is 6.54 Å². The quantitative estimate of drug-likeness (QED) is 0.728.